The molecule has 0 fully saturated rings. The predicted octanol–water partition coefficient (Wildman–Crippen LogP) is 10.3. The number of halogens is 1. The van der Waals surface area contributed by atoms with Gasteiger partial charge >= 0.3 is 244 Å². The van der Waals surface area contributed by atoms with Crippen molar-refractivity contribution in [1.29, 1.82) is 0 Å². The summed E-state index contributed by atoms with van der Waals surface area (Å²) >= 11 is -0.179. The monoisotopic (exact) mass is 593 g/mol. The number of nitrogens with zero attached hydrogens (tertiary/aromatic N) is 1. The molecule has 0 aliphatic carbocycles. The Morgan fingerprint density at radius 3 is 2.20 bits per heavy atom. The number of hydrogen-bond donors (Lipinski definition) is 0. The zero-order valence-electron chi connectivity index (χ0n) is 24.4. The van der Waals surface area contributed by atoms with Crippen molar-refractivity contribution in [2.45, 2.75) is 60.3 Å². The van der Waals surface area contributed by atoms with E-state index in [0.29, 0.717) is 5.56 Å². The summed E-state index contributed by atoms with van der Waals surface area (Å²) in [6.07, 6.45) is 2.88. The van der Waals surface area contributed by atoms with Crippen molar-refractivity contribution in [3.63, 3.8) is 0 Å². The molecule has 0 amide bonds. The zero-order chi connectivity index (χ0) is 28.4. The van der Waals surface area contributed by atoms with Crippen molar-refractivity contribution < 1.29 is 4.39 Å². The molecular formula is C37H36FNSe. The SMILES string of the molecule is Cc1cc(CC(C)(C)C)ccc1-c1ccc2c([se]c3c(-c4cc(C(C)(C)C)c5ccccc5c4)nccc32)c1F. The number of fused-ring (bicyclic) bond motifs is 4. The van der Waals surface area contributed by atoms with Gasteiger partial charge in [-0.2, -0.15) is 0 Å². The molecule has 6 rings (SSSR count). The van der Waals surface area contributed by atoms with Crippen LogP contribution in [0, 0.1) is 18.2 Å². The third-order valence-electron chi connectivity index (χ3n) is 7.75. The molecule has 1 nitrogen and oxygen atoms in total. The van der Waals surface area contributed by atoms with E-state index in [2.05, 4.69) is 115 Å². The van der Waals surface area contributed by atoms with E-state index in [4.69, 9.17) is 4.98 Å². The number of pyridine rings is 1. The fourth-order valence-corrected chi connectivity index (χ4v) is 8.58. The molecule has 0 N–H and O–H groups in total. The van der Waals surface area contributed by atoms with Crippen LogP contribution in [0.5, 0.6) is 0 Å². The molecule has 202 valence electrons. The van der Waals surface area contributed by atoms with Gasteiger partial charge in [0.15, 0.2) is 0 Å². The molecule has 0 atom stereocenters. The van der Waals surface area contributed by atoms with Crippen molar-refractivity contribution in [2.24, 2.45) is 5.41 Å². The third kappa shape index (κ3) is 4.80. The molecule has 2 aromatic heterocycles. The Balaban J connectivity index is 1.52. The van der Waals surface area contributed by atoms with Gasteiger partial charge in [0.05, 0.1) is 0 Å². The summed E-state index contributed by atoms with van der Waals surface area (Å²) in [6.45, 7) is 15.6. The van der Waals surface area contributed by atoms with Gasteiger partial charge in [0.25, 0.3) is 0 Å². The summed E-state index contributed by atoms with van der Waals surface area (Å²) in [5, 5.41) is 4.62. The summed E-state index contributed by atoms with van der Waals surface area (Å²) < 4.78 is 18.3. The van der Waals surface area contributed by atoms with Crippen molar-refractivity contribution in [1.82, 2.24) is 4.98 Å². The van der Waals surface area contributed by atoms with Gasteiger partial charge < -0.3 is 0 Å². The summed E-state index contributed by atoms with van der Waals surface area (Å²) in [4.78, 5) is 4.89. The van der Waals surface area contributed by atoms with Gasteiger partial charge in [-0.25, -0.2) is 0 Å². The van der Waals surface area contributed by atoms with E-state index in [1.54, 1.807) is 0 Å². The minimum atomic E-state index is -0.179. The van der Waals surface area contributed by atoms with E-state index in [1.165, 1.54) is 26.2 Å². The molecule has 0 saturated carbocycles. The average Bonchev–Trinajstić information content (AvgIpc) is 3.27. The summed E-state index contributed by atoms with van der Waals surface area (Å²) in [5.41, 5.74) is 7.70. The molecule has 6 aromatic rings. The van der Waals surface area contributed by atoms with Gasteiger partial charge in [-0.1, -0.05) is 0 Å². The van der Waals surface area contributed by atoms with Crippen molar-refractivity contribution in [2.75, 3.05) is 0 Å². The Kier molecular flexibility index (Phi) is 6.52. The summed E-state index contributed by atoms with van der Waals surface area (Å²) in [5.74, 6) is -0.0831. The van der Waals surface area contributed by atoms with Gasteiger partial charge in [0, 0.05) is 0 Å². The first-order chi connectivity index (χ1) is 18.9. The molecule has 3 heteroatoms. The fourth-order valence-electron chi connectivity index (χ4n) is 5.97. The molecule has 0 radical (unpaired) electrons. The molecule has 4 aromatic carbocycles. The second kappa shape index (κ2) is 9.68. The van der Waals surface area contributed by atoms with E-state index >= 15 is 4.39 Å². The van der Waals surface area contributed by atoms with Crippen molar-refractivity contribution in [3.8, 4) is 22.4 Å². The normalized spacial score (nSPS) is 12.6. The molecule has 0 spiro atoms. The first-order valence-electron chi connectivity index (χ1n) is 14.0. The van der Waals surface area contributed by atoms with E-state index in [9.17, 15) is 0 Å². The first-order valence-corrected chi connectivity index (χ1v) is 15.8. The Morgan fingerprint density at radius 2 is 1.48 bits per heavy atom. The molecule has 0 unspecified atom stereocenters. The van der Waals surface area contributed by atoms with Crippen LogP contribution in [0.3, 0.4) is 0 Å². The molecule has 0 aliphatic heterocycles. The van der Waals surface area contributed by atoms with Gasteiger partial charge in [-0.3, -0.25) is 0 Å². The van der Waals surface area contributed by atoms with Crippen molar-refractivity contribution >= 4 is 44.6 Å². The number of benzene rings is 4. The van der Waals surface area contributed by atoms with Crippen molar-refractivity contribution in [3.05, 3.63) is 102 Å². The van der Waals surface area contributed by atoms with E-state index in [1.807, 2.05) is 12.3 Å². The summed E-state index contributed by atoms with van der Waals surface area (Å²) in [6, 6.07) is 25.8. The fraction of sp³-hybridized carbons (Fsp3) is 0.270. The molecule has 0 bridgehead atoms. The van der Waals surface area contributed by atoms with E-state index in [-0.39, 0.29) is 31.2 Å². The van der Waals surface area contributed by atoms with Gasteiger partial charge in [-0.15, -0.1) is 0 Å². The van der Waals surface area contributed by atoms with Crippen LogP contribution in [0.2, 0.25) is 0 Å². The minimum absolute atomic E-state index is 0.0109. The van der Waals surface area contributed by atoms with Crippen LogP contribution in [-0.4, -0.2) is 19.5 Å². The second-order valence-corrected chi connectivity index (χ2v) is 15.5. The number of hydrogen-bond acceptors (Lipinski definition) is 1. The Bertz CT molecular complexity index is 1910. The maximum atomic E-state index is 16.3. The number of aromatic nitrogens is 1. The van der Waals surface area contributed by atoms with Crippen LogP contribution in [-0.2, 0) is 11.8 Å². The van der Waals surface area contributed by atoms with Crippen LogP contribution >= 0.6 is 0 Å². The second-order valence-electron chi connectivity index (χ2n) is 13.3. The van der Waals surface area contributed by atoms with Crippen LogP contribution < -0.4 is 0 Å². The van der Waals surface area contributed by atoms with Gasteiger partial charge in [-0.05, 0) is 0 Å². The molecule has 0 saturated heterocycles. The standard InChI is InChI=1S/C37H36FNSe/c1-22-18-23(21-36(2,3)4)12-13-26(22)28-14-15-29-30-16-17-39-33(35(30)40-34(29)32(28)38)25-19-24-10-8-9-11-27(24)31(20-25)37(5,6)7/h8-20H,21H2,1-7H3. The number of rotatable bonds is 3. The quantitative estimate of drug-likeness (QED) is 0.186. The molecule has 0 aliphatic rings. The Labute approximate surface area is 242 Å². The maximum absolute atomic E-state index is 16.3. The molecular weight excluding hydrogens is 556 g/mol. The first kappa shape index (κ1) is 26.9. The van der Waals surface area contributed by atoms with Gasteiger partial charge in [0.2, 0.25) is 0 Å². The van der Waals surface area contributed by atoms with E-state index in [0.717, 1.165) is 43.8 Å². The Hall–Kier alpha value is -3.26. The van der Waals surface area contributed by atoms with E-state index < -0.39 is 0 Å². The topological polar surface area (TPSA) is 12.9 Å². The summed E-state index contributed by atoms with van der Waals surface area (Å²) in [7, 11) is 0. The number of aryl methyl sites for hydroxylation is 1. The van der Waals surface area contributed by atoms with Crippen LogP contribution in [0.4, 0.5) is 4.39 Å². The molecule has 40 heavy (non-hydrogen) atoms. The average molecular weight is 593 g/mol. The predicted molar refractivity (Wildman–Crippen MR) is 171 cm³/mol. The zero-order valence-corrected chi connectivity index (χ0v) is 26.2. The molecule has 2 heterocycles. The van der Waals surface area contributed by atoms with Crippen LogP contribution in [0.25, 0.3) is 52.4 Å². The third-order valence-corrected chi connectivity index (χ3v) is 10.3. The van der Waals surface area contributed by atoms with Crippen LogP contribution in [0.15, 0.2) is 79.0 Å². The Morgan fingerprint density at radius 1 is 0.750 bits per heavy atom. The van der Waals surface area contributed by atoms with Crippen LogP contribution in [0.1, 0.15) is 58.2 Å². The van der Waals surface area contributed by atoms with Gasteiger partial charge in [0.1, 0.15) is 0 Å².